The molecule has 0 amide bonds. The molecule has 0 aliphatic carbocycles. The van der Waals surface area contributed by atoms with E-state index in [2.05, 4.69) is 20.0 Å². The zero-order valence-corrected chi connectivity index (χ0v) is 24.3. The number of nitrogen functional groups attached to an aromatic ring is 1. The summed E-state index contributed by atoms with van der Waals surface area (Å²) in [4.78, 5) is 25.2. The van der Waals surface area contributed by atoms with Gasteiger partial charge in [-0.15, -0.1) is 0 Å². The Morgan fingerprint density at radius 1 is 1.16 bits per heavy atom. The number of nitrogens with one attached hydrogen (secondary N) is 1. The topological polar surface area (TPSA) is 176 Å². The van der Waals surface area contributed by atoms with Crippen LogP contribution in [0.1, 0.15) is 18.7 Å². The van der Waals surface area contributed by atoms with E-state index in [1.807, 2.05) is 48.5 Å². The molecule has 1 saturated heterocycles. The Hall–Kier alpha value is -4.10. The maximum Gasteiger partial charge on any atom is 0.462 e. The minimum absolute atomic E-state index is 0.00798. The van der Waals surface area contributed by atoms with E-state index in [1.165, 1.54) is 17.8 Å². The maximum absolute atomic E-state index is 14.5. The highest BCUT2D eigenvalue weighted by atomic mass is 35.5. The van der Waals surface area contributed by atoms with Crippen molar-refractivity contribution in [3.63, 3.8) is 0 Å². The Kier molecular flexibility index (Phi) is 7.77. The predicted octanol–water partition coefficient (Wildman–Crippen LogP) is 4.36. The molecule has 2 aromatic heterocycles. The third-order valence-electron chi connectivity index (χ3n) is 6.70. The first-order valence-electron chi connectivity index (χ1n) is 13.1. The summed E-state index contributed by atoms with van der Waals surface area (Å²) in [6.45, 7) is 0.717. The summed E-state index contributed by atoms with van der Waals surface area (Å²) in [6.07, 6.45) is 0.296. The third-order valence-corrected chi connectivity index (χ3v) is 8.56. The number of aromatic nitrogens is 4. The normalized spacial score (nSPS) is 20.0. The average Bonchev–Trinajstić information content (AvgIpc) is 3.53. The van der Waals surface area contributed by atoms with Gasteiger partial charge in [0, 0.05) is 5.39 Å². The molecule has 0 spiro atoms. The zero-order chi connectivity index (χ0) is 30.2. The van der Waals surface area contributed by atoms with Crippen LogP contribution in [0.3, 0.4) is 0 Å². The number of fused-ring (bicyclic) bond motifs is 2. The van der Waals surface area contributed by atoms with Gasteiger partial charge in [-0.2, -0.15) is 15.1 Å². The molecule has 6 rings (SSSR count). The number of rotatable bonds is 11. The van der Waals surface area contributed by atoms with E-state index in [-0.39, 0.29) is 34.6 Å². The third kappa shape index (κ3) is 5.91. The standard InChI is InChI=1S/C28H26ClN6O7P/c1-17(25(37)39-14-18-8-3-2-4-9-18)34-43(38,41-21-13-7-11-19-10-5-6-12-20(19)21)42-28(15-36)26(40-28)35-16-31-22-23(30)32-27(29)33-24(22)35/h2-13,16-17,26,36H,14-15H2,1H3,(H,34,38)(H2,30,32,33)/t17-,26?,28?,43?/m0/s1. The number of nitrogens with zero attached hydrogens (tertiary/aromatic N) is 4. The van der Waals surface area contributed by atoms with Gasteiger partial charge < -0.3 is 24.8 Å². The number of benzene rings is 3. The smallest absolute Gasteiger partial charge is 0.460 e. The van der Waals surface area contributed by atoms with Crippen LogP contribution in [0.2, 0.25) is 5.28 Å². The lowest BCUT2D eigenvalue weighted by molar-refractivity contribution is -0.146. The first-order valence-corrected chi connectivity index (χ1v) is 15.0. The molecule has 0 saturated carbocycles. The number of carbonyl (C=O) groups is 1. The van der Waals surface area contributed by atoms with Crippen LogP contribution in [0.25, 0.3) is 21.9 Å². The number of aliphatic hydroxyl groups excluding tert-OH is 1. The number of nitrogens with two attached hydrogens (primary N) is 1. The van der Waals surface area contributed by atoms with Crippen LogP contribution in [0.15, 0.2) is 79.1 Å². The van der Waals surface area contributed by atoms with Crippen molar-refractivity contribution in [3.05, 3.63) is 90.0 Å². The van der Waals surface area contributed by atoms with Crippen LogP contribution in [0, 0.1) is 0 Å². The lowest BCUT2D eigenvalue weighted by Gasteiger charge is -2.25. The van der Waals surface area contributed by atoms with Crippen molar-refractivity contribution >= 4 is 53.1 Å². The summed E-state index contributed by atoms with van der Waals surface area (Å²) in [5.74, 6) is -2.33. The highest BCUT2D eigenvalue weighted by molar-refractivity contribution is 7.52. The summed E-state index contributed by atoms with van der Waals surface area (Å²) < 4.78 is 39.0. The second-order valence-corrected chi connectivity index (χ2v) is 11.7. The summed E-state index contributed by atoms with van der Waals surface area (Å²) in [7, 11) is -4.50. The largest absolute Gasteiger partial charge is 0.462 e. The number of ether oxygens (including phenoxy) is 2. The molecule has 0 radical (unpaired) electrons. The SMILES string of the molecule is C[C@H](NP(=O)(Oc1cccc2ccccc12)OC1(CO)OC1n1cnc2c(N)nc(Cl)nc21)C(=O)OCc1ccccc1. The summed E-state index contributed by atoms with van der Waals surface area (Å²) >= 11 is 6.00. The monoisotopic (exact) mass is 624 g/mol. The molecule has 1 aliphatic rings. The van der Waals surface area contributed by atoms with Gasteiger partial charge in [0.05, 0.1) is 6.33 Å². The van der Waals surface area contributed by atoms with Crippen molar-refractivity contribution in [3.8, 4) is 5.75 Å². The molecule has 15 heteroatoms. The number of hydrogen-bond donors (Lipinski definition) is 3. The molecule has 4 atom stereocenters. The molecule has 5 aromatic rings. The molecule has 3 unspecified atom stereocenters. The van der Waals surface area contributed by atoms with E-state index in [1.54, 1.807) is 24.3 Å². The van der Waals surface area contributed by atoms with Gasteiger partial charge >= 0.3 is 13.7 Å². The fourth-order valence-corrected chi connectivity index (χ4v) is 6.45. The van der Waals surface area contributed by atoms with Crippen LogP contribution < -0.4 is 15.3 Å². The van der Waals surface area contributed by atoms with Crippen LogP contribution in [-0.4, -0.2) is 49.0 Å². The van der Waals surface area contributed by atoms with Crippen LogP contribution in [0.5, 0.6) is 5.75 Å². The van der Waals surface area contributed by atoms with Gasteiger partial charge in [0.15, 0.2) is 17.7 Å². The van der Waals surface area contributed by atoms with Crippen molar-refractivity contribution in [1.29, 1.82) is 0 Å². The molecule has 222 valence electrons. The number of anilines is 1. The van der Waals surface area contributed by atoms with Gasteiger partial charge in [-0.25, -0.2) is 14.1 Å². The molecule has 3 aromatic carbocycles. The highest BCUT2D eigenvalue weighted by Crippen LogP contribution is 2.59. The van der Waals surface area contributed by atoms with Crippen LogP contribution in [0.4, 0.5) is 5.82 Å². The number of epoxide rings is 1. The molecular formula is C28H26ClN6O7P. The number of aliphatic hydroxyl groups is 1. The van der Waals surface area contributed by atoms with E-state index in [4.69, 9.17) is 35.9 Å². The predicted molar refractivity (Wildman–Crippen MR) is 157 cm³/mol. The Morgan fingerprint density at radius 2 is 1.91 bits per heavy atom. The Balaban J connectivity index is 1.29. The molecular weight excluding hydrogens is 599 g/mol. The van der Waals surface area contributed by atoms with Gasteiger partial charge in [-0.1, -0.05) is 66.7 Å². The average molecular weight is 625 g/mol. The fraction of sp³-hybridized carbons (Fsp3) is 0.214. The number of hydrogen-bond acceptors (Lipinski definition) is 11. The number of imidazole rings is 1. The number of carbonyl (C=O) groups excluding carboxylic acids is 1. The molecule has 13 nitrogen and oxygen atoms in total. The van der Waals surface area contributed by atoms with Gasteiger partial charge in [-0.3, -0.25) is 9.36 Å². The number of halogens is 1. The molecule has 1 aliphatic heterocycles. The molecule has 3 heterocycles. The van der Waals surface area contributed by atoms with Gasteiger partial charge in [0.1, 0.15) is 30.5 Å². The van der Waals surface area contributed by atoms with E-state index < -0.39 is 38.4 Å². The minimum Gasteiger partial charge on any atom is -0.460 e. The van der Waals surface area contributed by atoms with Crippen molar-refractivity contribution in [2.75, 3.05) is 12.3 Å². The summed E-state index contributed by atoms with van der Waals surface area (Å²) in [5, 5.41) is 14.4. The first-order chi connectivity index (χ1) is 20.7. The molecule has 4 N–H and O–H groups in total. The second-order valence-electron chi connectivity index (χ2n) is 9.74. The van der Waals surface area contributed by atoms with E-state index >= 15 is 0 Å². The van der Waals surface area contributed by atoms with Crippen molar-refractivity contribution in [2.45, 2.75) is 31.6 Å². The Morgan fingerprint density at radius 3 is 2.70 bits per heavy atom. The van der Waals surface area contributed by atoms with Crippen molar-refractivity contribution < 1.29 is 33.0 Å². The van der Waals surface area contributed by atoms with E-state index in [9.17, 15) is 14.5 Å². The van der Waals surface area contributed by atoms with Crippen molar-refractivity contribution in [1.82, 2.24) is 24.6 Å². The fourth-order valence-electron chi connectivity index (χ4n) is 4.54. The molecule has 43 heavy (non-hydrogen) atoms. The quantitative estimate of drug-likeness (QED) is 0.0820. The molecule has 1 fully saturated rings. The second kappa shape index (κ2) is 11.5. The van der Waals surface area contributed by atoms with Crippen molar-refractivity contribution in [2.24, 2.45) is 0 Å². The Bertz CT molecular complexity index is 1850. The minimum atomic E-state index is -4.50. The van der Waals surface area contributed by atoms with Crippen LogP contribution >= 0.6 is 19.3 Å². The lowest BCUT2D eigenvalue weighted by Crippen LogP contribution is -2.37. The van der Waals surface area contributed by atoms with Crippen LogP contribution in [-0.2, 0) is 30.0 Å². The van der Waals surface area contributed by atoms with Gasteiger partial charge in [-0.05, 0) is 35.5 Å². The van der Waals surface area contributed by atoms with Gasteiger partial charge in [0.25, 0.3) is 5.79 Å². The molecule has 0 bridgehead atoms. The summed E-state index contributed by atoms with van der Waals surface area (Å²) in [5.41, 5.74) is 7.15. The maximum atomic E-state index is 14.5. The first kappa shape index (κ1) is 29.0. The summed E-state index contributed by atoms with van der Waals surface area (Å²) in [6, 6.07) is 20.5. The van der Waals surface area contributed by atoms with Gasteiger partial charge in [0.2, 0.25) is 5.28 Å². The Labute approximate surface area is 250 Å². The number of esters is 1. The lowest BCUT2D eigenvalue weighted by atomic mass is 10.1. The highest BCUT2D eigenvalue weighted by Gasteiger charge is 2.64. The van der Waals surface area contributed by atoms with E-state index in [0.717, 1.165) is 10.9 Å². The zero-order valence-electron chi connectivity index (χ0n) is 22.7. The van der Waals surface area contributed by atoms with E-state index in [0.29, 0.717) is 5.39 Å².